The van der Waals surface area contributed by atoms with Crippen LogP contribution in [0.1, 0.15) is 50.0 Å². The van der Waals surface area contributed by atoms with Crippen molar-refractivity contribution in [3.63, 3.8) is 0 Å². The van der Waals surface area contributed by atoms with Crippen molar-refractivity contribution in [3.8, 4) is 0 Å². The normalized spacial score (nSPS) is 22.3. The van der Waals surface area contributed by atoms with Gasteiger partial charge in [-0.05, 0) is 57.7 Å². The summed E-state index contributed by atoms with van der Waals surface area (Å²) in [5, 5.41) is 9.24. The van der Waals surface area contributed by atoms with E-state index in [9.17, 15) is 9.90 Å². The van der Waals surface area contributed by atoms with Gasteiger partial charge in [-0.2, -0.15) is 0 Å². The van der Waals surface area contributed by atoms with Crippen LogP contribution < -0.4 is 0 Å². The van der Waals surface area contributed by atoms with Crippen LogP contribution in [0, 0.1) is 6.92 Å². The third-order valence-corrected chi connectivity index (χ3v) is 4.98. The molecule has 1 N–H and O–H groups in total. The first-order valence-corrected chi connectivity index (χ1v) is 8.87. The van der Waals surface area contributed by atoms with Crippen LogP contribution in [0.3, 0.4) is 0 Å². The van der Waals surface area contributed by atoms with Gasteiger partial charge in [-0.3, -0.25) is 9.69 Å². The number of piperidine rings is 1. The minimum atomic E-state index is 0.200. The summed E-state index contributed by atoms with van der Waals surface area (Å²) in [5.74, 6) is 1.96. The fourth-order valence-corrected chi connectivity index (χ4v) is 3.55. The molecule has 3 rings (SSSR count). The molecule has 0 unspecified atom stereocenters. The average Bonchev–Trinajstić information content (AvgIpc) is 3.29. The summed E-state index contributed by atoms with van der Waals surface area (Å²) in [5.41, 5.74) is 0. The maximum absolute atomic E-state index is 12.8. The Morgan fingerprint density at radius 1 is 1.35 bits per heavy atom. The van der Waals surface area contributed by atoms with Crippen molar-refractivity contribution in [3.05, 3.63) is 23.7 Å². The maximum Gasteiger partial charge on any atom is 0.237 e. The van der Waals surface area contributed by atoms with E-state index in [1.807, 2.05) is 24.0 Å². The van der Waals surface area contributed by atoms with E-state index in [2.05, 4.69) is 4.90 Å². The van der Waals surface area contributed by atoms with Crippen LogP contribution in [-0.2, 0) is 11.3 Å². The van der Waals surface area contributed by atoms with E-state index in [1.165, 1.54) is 6.42 Å². The summed E-state index contributed by atoms with van der Waals surface area (Å²) in [6, 6.07) is 4.65. The molecule has 2 fully saturated rings. The number of furan rings is 1. The molecule has 23 heavy (non-hydrogen) atoms. The van der Waals surface area contributed by atoms with Gasteiger partial charge in [0.2, 0.25) is 5.91 Å². The van der Waals surface area contributed by atoms with Crippen molar-refractivity contribution in [1.29, 1.82) is 0 Å². The molecule has 1 saturated heterocycles. The summed E-state index contributed by atoms with van der Waals surface area (Å²) < 4.78 is 5.65. The molecule has 1 aromatic rings. The van der Waals surface area contributed by atoms with Gasteiger partial charge in [-0.15, -0.1) is 0 Å². The molecule has 0 bridgehead atoms. The monoisotopic (exact) mass is 320 g/mol. The highest BCUT2D eigenvalue weighted by atomic mass is 16.3. The highest BCUT2D eigenvalue weighted by Crippen LogP contribution is 2.29. The standard InChI is InChI=1S/C18H28N2O3/c1-14-5-8-17(23-14)12-20(16-6-7-16)18(22)13-19-10-3-2-4-15(19)9-11-21/h5,8,15-16,21H,2-4,6-7,9-13H2,1H3/t15-/m1/s1. The summed E-state index contributed by atoms with van der Waals surface area (Å²) in [6.45, 7) is 4.15. The number of aliphatic hydroxyl groups is 1. The molecular weight excluding hydrogens is 292 g/mol. The number of hydrogen-bond acceptors (Lipinski definition) is 4. The van der Waals surface area contributed by atoms with Gasteiger partial charge in [-0.1, -0.05) is 6.42 Å². The van der Waals surface area contributed by atoms with E-state index < -0.39 is 0 Å². The first-order chi connectivity index (χ1) is 11.2. The number of hydrogen-bond donors (Lipinski definition) is 1. The van der Waals surface area contributed by atoms with Gasteiger partial charge >= 0.3 is 0 Å². The smallest absolute Gasteiger partial charge is 0.237 e. The lowest BCUT2D eigenvalue weighted by molar-refractivity contribution is -0.135. The quantitative estimate of drug-likeness (QED) is 0.837. The molecule has 5 heteroatoms. The molecule has 0 aromatic carbocycles. The second-order valence-corrected chi connectivity index (χ2v) is 6.90. The molecule has 1 saturated carbocycles. The Labute approximate surface area is 138 Å². The summed E-state index contributed by atoms with van der Waals surface area (Å²) in [4.78, 5) is 17.1. The third kappa shape index (κ3) is 4.36. The zero-order valence-electron chi connectivity index (χ0n) is 14.0. The second kappa shape index (κ2) is 7.49. The Hall–Kier alpha value is -1.33. The van der Waals surface area contributed by atoms with Crippen LogP contribution in [-0.4, -0.2) is 52.6 Å². The molecule has 2 heterocycles. The molecule has 1 amide bonds. The van der Waals surface area contributed by atoms with Crippen LogP contribution in [0.15, 0.2) is 16.5 Å². The minimum absolute atomic E-state index is 0.200. The van der Waals surface area contributed by atoms with Gasteiger partial charge in [-0.25, -0.2) is 0 Å². The number of likely N-dealkylation sites (tertiary alicyclic amines) is 1. The maximum atomic E-state index is 12.8. The molecule has 128 valence electrons. The van der Waals surface area contributed by atoms with Crippen molar-refractivity contribution >= 4 is 5.91 Å². The highest BCUT2D eigenvalue weighted by molar-refractivity contribution is 5.79. The zero-order chi connectivity index (χ0) is 16.2. The van der Waals surface area contributed by atoms with Gasteiger partial charge in [0, 0.05) is 18.7 Å². The van der Waals surface area contributed by atoms with Crippen molar-refractivity contribution < 1.29 is 14.3 Å². The summed E-state index contributed by atoms with van der Waals surface area (Å²) in [7, 11) is 0. The highest BCUT2D eigenvalue weighted by Gasteiger charge is 2.34. The lowest BCUT2D eigenvalue weighted by Gasteiger charge is -2.36. The molecular formula is C18H28N2O3. The first kappa shape index (κ1) is 16.5. The number of aryl methyl sites for hydroxylation is 1. The number of nitrogens with zero attached hydrogens (tertiary/aromatic N) is 2. The number of carbonyl (C=O) groups is 1. The molecule has 1 aromatic heterocycles. The lowest BCUT2D eigenvalue weighted by Crippen LogP contribution is -2.47. The van der Waals surface area contributed by atoms with E-state index in [1.54, 1.807) is 0 Å². The zero-order valence-corrected chi connectivity index (χ0v) is 14.0. The molecule has 1 atom stereocenters. The molecule has 1 aliphatic heterocycles. The third-order valence-electron chi connectivity index (χ3n) is 4.98. The predicted molar refractivity (Wildman–Crippen MR) is 87.9 cm³/mol. The Balaban J connectivity index is 1.61. The Bertz CT molecular complexity index is 522. The lowest BCUT2D eigenvalue weighted by atomic mass is 9.99. The fraction of sp³-hybridized carbons (Fsp3) is 0.722. The van der Waals surface area contributed by atoms with Gasteiger partial charge in [0.25, 0.3) is 0 Å². The summed E-state index contributed by atoms with van der Waals surface area (Å²) >= 11 is 0. The van der Waals surface area contributed by atoms with Gasteiger partial charge in [0.05, 0.1) is 13.1 Å². The predicted octanol–water partition coefficient (Wildman–Crippen LogP) is 2.32. The van der Waals surface area contributed by atoms with E-state index in [0.717, 1.165) is 50.2 Å². The van der Waals surface area contributed by atoms with Crippen molar-refractivity contribution in [2.24, 2.45) is 0 Å². The van der Waals surface area contributed by atoms with E-state index in [0.29, 0.717) is 25.2 Å². The molecule has 2 aliphatic rings. The minimum Gasteiger partial charge on any atom is -0.464 e. The topological polar surface area (TPSA) is 56.9 Å². The van der Waals surface area contributed by atoms with Crippen molar-refractivity contribution in [1.82, 2.24) is 9.80 Å². The number of rotatable bonds is 7. The number of aliphatic hydroxyl groups excluding tert-OH is 1. The Kier molecular flexibility index (Phi) is 5.38. The number of amides is 1. The molecule has 1 aliphatic carbocycles. The fourth-order valence-electron chi connectivity index (χ4n) is 3.55. The second-order valence-electron chi connectivity index (χ2n) is 6.90. The van der Waals surface area contributed by atoms with E-state index in [-0.39, 0.29) is 12.5 Å². The molecule has 5 nitrogen and oxygen atoms in total. The van der Waals surface area contributed by atoms with Crippen LogP contribution in [0.5, 0.6) is 0 Å². The molecule has 0 radical (unpaired) electrons. The van der Waals surface area contributed by atoms with Crippen molar-refractivity contribution in [2.45, 2.75) is 64.1 Å². The van der Waals surface area contributed by atoms with Crippen LogP contribution >= 0.6 is 0 Å². The van der Waals surface area contributed by atoms with Gasteiger partial charge in [0.15, 0.2) is 0 Å². The van der Waals surface area contributed by atoms with Crippen LogP contribution in [0.25, 0.3) is 0 Å². The van der Waals surface area contributed by atoms with Crippen LogP contribution in [0.4, 0.5) is 0 Å². The van der Waals surface area contributed by atoms with E-state index in [4.69, 9.17) is 4.42 Å². The van der Waals surface area contributed by atoms with Gasteiger partial charge in [0.1, 0.15) is 11.5 Å². The first-order valence-electron chi connectivity index (χ1n) is 8.87. The SMILES string of the molecule is Cc1ccc(CN(C(=O)CN2CCCC[C@@H]2CCO)C2CC2)o1. The van der Waals surface area contributed by atoms with Crippen LogP contribution in [0.2, 0.25) is 0 Å². The van der Waals surface area contributed by atoms with Crippen molar-refractivity contribution in [2.75, 3.05) is 19.7 Å². The van der Waals surface area contributed by atoms with Gasteiger partial charge < -0.3 is 14.4 Å². The molecule has 0 spiro atoms. The summed E-state index contributed by atoms with van der Waals surface area (Å²) in [6.07, 6.45) is 6.42. The number of carbonyl (C=O) groups excluding carboxylic acids is 1. The van der Waals surface area contributed by atoms with E-state index >= 15 is 0 Å². The Morgan fingerprint density at radius 2 is 2.17 bits per heavy atom. The largest absolute Gasteiger partial charge is 0.464 e. The average molecular weight is 320 g/mol. The Morgan fingerprint density at radius 3 is 2.83 bits per heavy atom.